The quantitative estimate of drug-likeness (QED) is 0.847. The largest absolute Gasteiger partial charge is 0.454 e. The molecule has 0 atom stereocenters. The lowest BCUT2D eigenvalue weighted by molar-refractivity contribution is -0.111. The van der Waals surface area contributed by atoms with Gasteiger partial charge in [-0.1, -0.05) is 29.3 Å². The van der Waals surface area contributed by atoms with Crippen molar-refractivity contribution in [3.63, 3.8) is 0 Å². The third-order valence-electron chi connectivity index (χ3n) is 2.97. The third kappa shape index (κ3) is 3.35. The van der Waals surface area contributed by atoms with Gasteiger partial charge in [-0.3, -0.25) is 4.79 Å². The van der Waals surface area contributed by atoms with E-state index in [1.807, 2.05) is 0 Å². The van der Waals surface area contributed by atoms with Gasteiger partial charge in [0.25, 0.3) is 0 Å². The Bertz CT molecular complexity index is 759. The molecule has 0 saturated heterocycles. The molecular weight excluding hydrogens is 325 g/mol. The summed E-state index contributed by atoms with van der Waals surface area (Å²) in [6, 6.07) is 10.4. The van der Waals surface area contributed by atoms with Gasteiger partial charge < -0.3 is 14.8 Å². The van der Waals surface area contributed by atoms with Crippen LogP contribution in [0.25, 0.3) is 6.08 Å². The Balaban J connectivity index is 1.71. The summed E-state index contributed by atoms with van der Waals surface area (Å²) < 4.78 is 10.5. The van der Waals surface area contributed by atoms with Crippen LogP contribution in [0.5, 0.6) is 11.5 Å². The van der Waals surface area contributed by atoms with E-state index in [0.29, 0.717) is 27.2 Å². The standard InChI is InChI=1S/C16H11Cl2NO3/c17-11-2-1-3-12(8-11)19-15(20)5-4-10-6-13(18)16-14(7-10)21-9-22-16/h1-8H,9H2,(H,19,20)/b5-4+. The Hall–Kier alpha value is -2.17. The van der Waals surface area contributed by atoms with Crippen molar-refractivity contribution in [1.29, 1.82) is 0 Å². The van der Waals surface area contributed by atoms with Crippen LogP contribution in [0.2, 0.25) is 10.0 Å². The van der Waals surface area contributed by atoms with Crippen molar-refractivity contribution >= 4 is 40.9 Å². The first kappa shape index (κ1) is 14.8. The number of benzene rings is 2. The number of hydrogen-bond acceptors (Lipinski definition) is 3. The fourth-order valence-corrected chi connectivity index (χ4v) is 2.47. The van der Waals surface area contributed by atoms with Gasteiger partial charge in [-0.25, -0.2) is 0 Å². The first-order valence-corrected chi connectivity index (χ1v) is 7.21. The van der Waals surface area contributed by atoms with Crippen LogP contribution in [0.3, 0.4) is 0 Å². The van der Waals surface area contributed by atoms with Crippen molar-refractivity contribution < 1.29 is 14.3 Å². The average molecular weight is 336 g/mol. The third-order valence-corrected chi connectivity index (χ3v) is 3.48. The SMILES string of the molecule is O=C(/C=C/c1cc(Cl)c2c(c1)OCO2)Nc1cccc(Cl)c1. The average Bonchev–Trinajstić information content (AvgIpc) is 2.94. The minimum absolute atomic E-state index is 0.150. The lowest BCUT2D eigenvalue weighted by atomic mass is 10.2. The molecule has 1 N–H and O–H groups in total. The Morgan fingerprint density at radius 2 is 2.05 bits per heavy atom. The highest BCUT2D eigenvalue weighted by Gasteiger charge is 2.17. The molecule has 2 aromatic carbocycles. The molecule has 0 saturated carbocycles. The molecule has 112 valence electrons. The lowest BCUT2D eigenvalue weighted by Gasteiger charge is -2.03. The molecule has 1 heterocycles. The predicted molar refractivity (Wildman–Crippen MR) is 86.7 cm³/mol. The van der Waals surface area contributed by atoms with Gasteiger partial charge in [0.15, 0.2) is 11.5 Å². The Morgan fingerprint density at radius 3 is 2.86 bits per heavy atom. The van der Waals surface area contributed by atoms with Gasteiger partial charge in [-0.05, 0) is 42.0 Å². The second-order valence-corrected chi connectivity index (χ2v) is 5.41. The molecule has 2 aromatic rings. The van der Waals surface area contributed by atoms with Crippen LogP contribution < -0.4 is 14.8 Å². The van der Waals surface area contributed by atoms with E-state index in [1.165, 1.54) is 6.08 Å². The van der Waals surface area contributed by atoms with Crippen LogP contribution in [-0.4, -0.2) is 12.7 Å². The zero-order valence-electron chi connectivity index (χ0n) is 11.3. The first-order chi connectivity index (χ1) is 10.6. The van der Waals surface area contributed by atoms with Crippen LogP contribution in [0.15, 0.2) is 42.5 Å². The number of amides is 1. The molecule has 6 heteroatoms. The van der Waals surface area contributed by atoms with Gasteiger partial charge in [0, 0.05) is 16.8 Å². The van der Waals surface area contributed by atoms with Crippen LogP contribution in [0.4, 0.5) is 5.69 Å². The Kier molecular flexibility index (Phi) is 4.22. The number of hydrogen-bond donors (Lipinski definition) is 1. The van der Waals surface area contributed by atoms with Crippen molar-refractivity contribution in [2.24, 2.45) is 0 Å². The van der Waals surface area contributed by atoms with Crippen molar-refractivity contribution in [3.05, 3.63) is 58.1 Å². The van der Waals surface area contributed by atoms with Gasteiger partial charge in [0.1, 0.15) is 0 Å². The molecule has 0 bridgehead atoms. The number of fused-ring (bicyclic) bond motifs is 1. The van der Waals surface area contributed by atoms with Crippen molar-refractivity contribution in [3.8, 4) is 11.5 Å². The van der Waals surface area contributed by atoms with Gasteiger partial charge in [-0.15, -0.1) is 0 Å². The summed E-state index contributed by atoms with van der Waals surface area (Å²) in [5.74, 6) is 0.834. The molecule has 1 aliphatic heterocycles. The fraction of sp³-hybridized carbons (Fsp3) is 0.0625. The summed E-state index contributed by atoms with van der Waals surface area (Å²) in [6.45, 7) is 0.150. The van der Waals surface area contributed by atoms with Crippen molar-refractivity contribution in [2.45, 2.75) is 0 Å². The summed E-state index contributed by atoms with van der Waals surface area (Å²) in [4.78, 5) is 11.9. The van der Waals surface area contributed by atoms with E-state index in [4.69, 9.17) is 32.7 Å². The number of nitrogens with one attached hydrogen (secondary N) is 1. The van der Waals surface area contributed by atoms with E-state index in [0.717, 1.165) is 5.56 Å². The topological polar surface area (TPSA) is 47.6 Å². The number of carbonyl (C=O) groups excluding carboxylic acids is 1. The summed E-state index contributed by atoms with van der Waals surface area (Å²) in [5.41, 5.74) is 1.38. The highest BCUT2D eigenvalue weighted by atomic mass is 35.5. The van der Waals surface area contributed by atoms with Crippen LogP contribution in [-0.2, 0) is 4.79 Å². The van der Waals surface area contributed by atoms with Crippen molar-refractivity contribution in [2.75, 3.05) is 12.1 Å². The highest BCUT2D eigenvalue weighted by Crippen LogP contribution is 2.40. The minimum Gasteiger partial charge on any atom is -0.454 e. The molecule has 1 aliphatic rings. The highest BCUT2D eigenvalue weighted by molar-refractivity contribution is 6.32. The lowest BCUT2D eigenvalue weighted by Crippen LogP contribution is -2.07. The molecule has 0 unspecified atom stereocenters. The van der Waals surface area contributed by atoms with Crippen molar-refractivity contribution in [1.82, 2.24) is 0 Å². The summed E-state index contributed by atoms with van der Waals surface area (Å²) in [7, 11) is 0. The molecule has 22 heavy (non-hydrogen) atoms. The van der Waals surface area contributed by atoms with Crippen LogP contribution in [0.1, 0.15) is 5.56 Å². The summed E-state index contributed by atoms with van der Waals surface area (Å²) in [5, 5.41) is 3.73. The zero-order chi connectivity index (χ0) is 15.5. The van der Waals surface area contributed by atoms with E-state index >= 15 is 0 Å². The Labute approximate surface area is 137 Å². The monoisotopic (exact) mass is 335 g/mol. The van der Waals surface area contributed by atoms with Crippen LogP contribution in [0, 0.1) is 0 Å². The number of rotatable bonds is 3. The van der Waals surface area contributed by atoms with Gasteiger partial charge >= 0.3 is 0 Å². The molecule has 0 radical (unpaired) electrons. The van der Waals surface area contributed by atoms with E-state index in [9.17, 15) is 4.79 Å². The molecule has 0 spiro atoms. The molecule has 1 amide bonds. The number of halogens is 2. The Morgan fingerprint density at radius 1 is 1.18 bits per heavy atom. The maximum absolute atomic E-state index is 11.9. The normalized spacial score (nSPS) is 12.6. The van der Waals surface area contributed by atoms with E-state index in [-0.39, 0.29) is 12.7 Å². The smallest absolute Gasteiger partial charge is 0.248 e. The number of ether oxygens (including phenoxy) is 2. The summed E-state index contributed by atoms with van der Waals surface area (Å²) in [6.07, 6.45) is 3.06. The van der Waals surface area contributed by atoms with Crippen LogP contribution >= 0.6 is 23.2 Å². The number of anilines is 1. The van der Waals surface area contributed by atoms with E-state index in [2.05, 4.69) is 5.32 Å². The molecule has 0 aromatic heterocycles. The predicted octanol–water partition coefficient (Wildman–Crippen LogP) is 4.37. The van der Waals surface area contributed by atoms with E-state index in [1.54, 1.807) is 42.5 Å². The molecule has 0 fully saturated rings. The molecule has 0 aliphatic carbocycles. The minimum atomic E-state index is -0.268. The molecular formula is C16H11Cl2NO3. The summed E-state index contributed by atoms with van der Waals surface area (Å²) >= 11 is 11.9. The first-order valence-electron chi connectivity index (χ1n) is 6.45. The van der Waals surface area contributed by atoms with Gasteiger partial charge in [-0.2, -0.15) is 0 Å². The molecule has 3 rings (SSSR count). The fourth-order valence-electron chi connectivity index (χ4n) is 2.01. The van der Waals surface area contributed by atoms with Gasteiger partial charge in [0.2, 0.25) is 12.7 Å². The maximum atomic E-state index is 11.9. The second kappa shape index (κ2) is 6.30. The second-order valence-electron chi connectivity index (χ2n) is 4.57. The maximum Gasteiger partial charge on any atom is 0.248 e. The van der Waals surface area contributed by atoms with Gasteiger partial charge in [0.05, 0.1) is 5.02 Å². The zero-order valence-corrected chi connectivity index (χ0v) is 12.8. The molecule has 4 nitrogen and oxygen atoms in total. The number of carbonyl (C=O) groups is 1. The van der Waals surface area contributed by atoms with E-state index < -0.39 is 0 Å².